The van der Waals surface area contributed by atoms with Crippen LogP contribution in [0.1, 0.15) is 0 Å². The maximum atomic E-state index is 8.48. The van der Waals surface area contributed by atoms with E-state index in [0.29, 0.717) is 6.54 Å². The van der Waals surface area contributed by atoms with Crippen molar-refractivity contribution in [1.82, 2.24) is 19.5 Å². The van der Waals surface area contributed by atoms with Gasteiger partial charge in [-0.25, -0.2) is 15.0 Å². The van der Waals surface area contributed by atoms with Crippen LogP contribution in [-0.2, 0) is 6.54 Å². The summed E-state index contributed by atoms with van der Waals surface area (Å²) in [4.78, 5) is 12.0. The molecule has 0 amide bonds. The van der Waals surface area contributed by atoms with Crippen molar-refractivity contribution in [2.45, 2.75) is 6.54 Å². The molecule has 0 saturated carbocycles. The molecule has 2 heterocycles. The number of aliphatic hydroxyl groups is 1. The smallest absolute Gasteiger partial charge is 0.164 e. The first-order valence-corrected chi connectivity index (χ1v) is 4.09. The molecule has 0 radical (unpaired) electrons. The van der Waals surface area contributed by atoms with Crippen LogP contribution < -0.4 is 0 Å². The van der Waals surface area contributed by atoms with Crippen LogP contribution in [0.15, 0.2) is 18.9 Å². The van der Waals surface area contributed by atoms with Crippen LogP contribution in [0.4, 0.5) is 0 Å². The second-order valence-corrected chi connectivity index (χ2v) is 2.62. The number of imidazole rings is 1. The highest BCUT2D eigenvalue weighted by Crippen LogP contribution is 2.05. The largest absolute Gasteiger partial charge is 0.384 e. The molecule has 0 aliphatic carbocycles. The predicted molar refractivity (Wildman–Crippen MR) is 50.2 cm³/mol. The summed E-state index contributed by atoms with van der Waals surface area (Å²) < 4.78 is 1.81. The highest BCUT2D eigenvalue weighted by Gasteiger charge is 2.00. The van der Waals surface area contributed by atoms with Gasteiger partial charge >= 0.3 is 0 Å². The van der Waals surface area contributed by atoms with E-state index in [1.54, 1.807) is 17.1 Å². The van der Waals surface area contributed by atoms with Gasteiger partial charge in [-0.2, -0.15) is 0 Å². The Balaban J connectivity index is 2.34. The van der Waals surface area contributed by atoms with Crippen LogP contribution in [0.5, 0.6) is 0 Å². The molecule has 5 nitrogen and oxygen atoms in total. The lowest BCUT2D eigenvalue weighted by Gasteiger charge is -1.94. The van der Waals surface area contributed by atoms with Gasteiger partial charge in [0.05, 0.1) is 19.1 Å². The monoisotopic (exact) mass is 188 g/mol. The summed E-state index contributed by atoms with van der Waals surface area (Å²) in [5, 5.41) is 8.48. The summed E-state index contributed by atoms with van der Waals surface area (Å²) in [5.41, 5.74) is 1.51. The number of hydrogen-bond acceptors (Lipinski definition) is 4. The van der Waals surface area contributed by atoms with Gasteiger partial charge in [0.15, 0.2) is 5.65 Å². The molecule has 1 N–H and O–H groups in total. The minimum Gasteiger partial charge on any atom is -0.384 e. The lowest BCUT2D eigenvalue weighted by molar-refractivity contribution is 0.350. The van der Waals surface area contributed by atoms with Gasteiger partial charge in [0.25, 0.3) is 0 Å². The molecular formula is C9H8N4O. The Hall–Kier alpha value is -1.93. The third-order valence-corrected chi connectivity index (χ3v) is 1.73. The lowest BCUT2D eigenvalue weighted by atomic mass is 10.5. The molecule has 2 rings (SSSR count). The summed E-state index contributed by atoms with van der Waals surface area (Å²) in [6, 6.07) is 0. The molecule has 2 aromatic rings. The van der Waals surface area contributed by atoms with Crippen molar-refractivity contribution >= 4 is 11.2 Å². The van der Waals surface area contributed by atoms with Gasteiger partial charge in [0, 0.05) is 0 Å². The number of nitrogens with zero attached hydrogens (tertiary/aromatic N) is 4. The molecule has 0 unspecified atom stereocenters. The zero-order chi connectivity index (χ0) is 9.80. The number of aromatic nitrogens is 4. The third kappa shape index (κ3) is 1.56. The molecule has 0 spiro atoms. The van der Waals surface area contributed by atoms with Crippen molar-refractivity contribution in [3.63, 3.8) is 0 Å². The van der Waals surface area contributed by atoms with E-state index in [9.17, 15) is 0 Å². The van der Waals surface area contributed by atoms with E-state index in [1.807, 2.05) is 0 Å². The van der Waals surface area contributed by atoms with E-state index in [0.717, 1.165) is 11.2 Å². The fourth-order valence-electron chi connectivity index (χ4n) is 1.13. The average Bonchev–Trinajstić information content (AvgIpc) is 2.63. The Bertz CT molecular complexity index is 494. The summed E-state index contributed by atoms with van der Waals surface area (Å²) in [7, 11) is 0. The van der Waals surface area contributed by atoms with Crippen molar-refractivity contribution in [2.75, 3.05) is 6.61 Å². The first kappa shape index (κ1) is 8.66. The van der Waals surface area contributed by atoms with Crippen LogP contribution in [-0.4, -0.2) is 31.2 Å². The SMILES string of the molecule is OCC#CCn1cnc2cncnc21. The second kappa shape index (κ2) is 3.85. The lowest BCUT2D eigenvalue weighted by Crippen LogP contribution is -1.95. The van der Waals surface area contributed by atoms with Gasteiger partial charge in [-0.1, -0.05) is 11.8 Å². The van der Waals surface area contributed by atoms with Gasteiger partial charge < -0.3 is 9.67 Å². The molecule has 14 heavy (non-hydrogen) atoms. The second-order valence-electron chi connectivity index (χ2n) is 2.62. The van der Waals surface area contributed by atoms with Crippen LogP contribution in [0.3, 0.4) is 0 Å². The molecular weight excluding hydrogens is 180 g/mol. The molecule has 0 bridgehead atoms. The highest BCUT2D eigenvalue weighted by atomic mass is 16.2. The molecule has 0 fully saturated rings. The first-order chi connectivity index (χ1) is 6.92. The van der Waals surface area contributed by atoms with Gasteiger partial charge in [-0.05, 0) is 0 Å². The van der Waals surface area contributed by atoms with E-state index in [2.05, 4.69) is 26.8 Å². The Morgan fingerprint density at radius 3 is 3.14 bits per heavy atom. The molecule has 0 aromatic carbocycles. The highest BCUT2D eigenvalue weighted by molar-refractivity contribution is 5.68. The summed E-state index contributed by atoms with van der Waals surface area (Å²) >= 11 is 0. The summed E-state index contributed by atoms with van der Waals surface area (Å²) in [6.45, 7) is 0.357. The van der Waals surface area contributed by atoms with Crippen LogP contribution in [0.2, 0.25) is 0 Å². The zero-order valence-corrected chi connectivity index (χ0v) is 7.38. The number of hydrogen-bond donors (Lipinski definition) is 1. The Kier molecular flexibility index (Phi) is 2.38. The van der Waals surface area contributed by atoms with Crippen molar-refractivity contribution in [3.8, 4) is 11.8 Å². The molecule has 2 aromatic heterocycles. The van der Waals surface area contributed by atoms with Crippen molar-refractivity contribution < 1.29 is 5.11 Å². The van der Waals surface area contributed by atoms with E-state index in [4.69, 9.17) is 5.11 Å². The van der Waals surface area contributed by atoms with Crippen LogP contribution in [0, 0.1) is 11.8 Å². The summed E-state index contributed by atoms with van der Waals surface area (Å²) in [6.07, 6.45) is 4.78. The number of aliphatic hydroxyl groups excluding tert-OH is 1. The van der Waals surface area contributed by atoms with Gasteiger partial charge in [0.1, 0.15) is 18.5 Å². The standard InChI is InChI=1S/C9H8N4O/c14-4-2-1-3-13-7-12-8-5-10-6-11-9(8)13/h5-7,14H,3-4H2. The molecule has 0 aliphatic rings. The Labute approximate surface area is 80.4 Å². The van der Waals surface area contributed by atoms with E-state index in [1.165, 1.54) is 6.33 Å². The zero-order valence-electron chi connectivity index (χ0n) is 7.38. The van der Waals surface area contributed by atoms with Gasteiger partial charge in [-0.15, -0.1) is 0 Å². The third-order valence-electron chi connectivity index (χ3n) is 1.73. The normalized spacial score (nSPS) is 9.79. The Morgan fingerprint density at radius 2 is 2.29 bits per heavy atom. The molecule has 0 aliphatic heterocycles. The maximum Gasteiger partial charge on any atom is 0.164 e. The fourth-order valence-corrected chi connectivity index (χ4v) is 1.13. The topological polar surface area (TPSA) is 63.8 Å². The Morgan fingerprint density at radius 1 is 1.36 bits per heavy atom. The number of rotatable bonds is 1. The molecule has 0 atom stereocenters. The van der Waals surface area contributed by atoms with Crippen molar-refractivity contribution in [1.29, 1.82) is 0 Å². The van der Waals surface area contributed by atoms with Crippen molar-refractivity contribution in [3.05, 3.63) is 18.9 Å². The fraction of sp³-hybridized carbons (Fsp3) is 0.222. The molecule has 5 heteroatoms. The minimum absolute atomic E-state index is 0.123. The molecule has 0 saturated heterocycles. The predicted octanol–water partition coefficient (Wildman–Crippen LogP) is -0.178. The summed E-state index contributed by atoms with van der Waals surface area (Å²) in [5.74, 6) is 5.36. The van der Waals surface area contributed by atoms with E-state index in [-0.39, 0.29) is 6.61 Å². The van der Waals surface area contributed by atoms with Crippen LogP contribution in [0.25, 0.3) is 11.2 Å². The average molecular weight is 188 g/mol. The maximum absolute atomic E-state index is 8.48. The quantitative estimate of drug-likeness (QED) is 0.631. The van der Waals surface area contributed by atoms with Gasteiger partial charge in [-0.3, -0.25) is 0 Å². The van der Waals surface area contributed by atoms with E-state index < -0.39 is 0 Å². The van der Waals surface area contributed by atoms with Crippen molar-refractivity contribution in [2.24, 2.45) is 0 Å². The minimum atomic E-state index is -0.123. The van der Waals surface area contributed by atoms with Gasteiger partial charge in [0.2, 0.25) is 0 Å². The number of fused-ring (bicyclic) bond motifs is 1. The first-order valence-electron chi connectivity index (χ1n) is 4.09. The van der Waals surface area contributed by atoms with Crippen LogP contribution >= 0.6 is 0 Å². The van der Waals surface area contributed by atoms with E-state index >= 15 is 0 Å². The molecule has 70 valence electrons.